The molecule has 0 aromatic carbocycles. The molecule has 15 heavy (non-hydrogen) atoms. The monoisotopic (exact) mass is 217 g/mol. The molecular formula is C13H15NS. The van der Waals surface area contributed by atoms with Gasteiger partial charge in [0.1, 0.15) is 0 Å². The summed E-state index contributed by atoms with van der Waals surface area (Å²) in [6.45, 7) is 9.59. The van der Waals surface area contributed by atoms with Crippen molar-refractivity contribution in [3.8, 4) is 0 Å². The van der Waals surface area contributed by atoms with Crippen LogP contribution in [0.3, 0.4) is 0 Å². The Bertz CT molecular complexity index is 429. The van der Waals surface area contributed by atoms with Gasteiger partial charge in [-0.3, -0.25) is 4.99 Å². The van der Waals surface area contributed by atoms with E-state index >= 15 is 0 Å². The van der Waals surface area contributed by atoms with Crippen molar-refractivity contribution in [2.45, 2.75) is 20.8 Å². The van der Waals surface area contributed by atoms with E-state index in [2.05, 4.69) is 28.7 Å². The molecule has 0 aliphatic carbocycles. The summed E-state index contributed by atoms with van der Waals surface area (Å²) in [4.78, 5) is 5.76. The van der Waals surface area contributed by atoms with Gasteiger partial charge in [-0.05, 0) is 32.2 Å². The Hall–Kier alpha value is -1.37. The van der Waals surface area contributed by atoms with E-state index in [1.165, 1.54) is 4.88 Å². The van der Waals surface area contributed by atoms with Gasteiger partial charge in [0.2, 0.25) is 0 Å². The summed E-state index contributed by atoms with van der Waals surface area (Å²) in [6.07, 6.45) is 1.98. The Morgan fingerprint density at radius 1 is 1.53 bits per heavy atom. The second-order valence-electron chi connectivity index (χ2n) is 3.15. The van der Waals surface area contributed by atoms with Gasteiger partial charge in [0.15, 0.2) is 0 Å². The quantitative estimate of drug-likeness (QED) is 0.409. The first kappa shape index (κ1) is 11.7. The van der Waals surface area contributed by atoms with Crippen molar-refractivity contribution < 1.29 is 0 Å². The molecule has 0 saturated heterocycles. The van der Waals surface area contributed by atoms with Crippen molar-refractivity contribution >= 4 is 17.0 Å². The second kappa shape index (κ2) is 5.50. The number of hydrogen-bond donors (Lipinski definition) is 0. The summed E-state index contributed by atoms with van der Waals surface area (Å²) in [6, 6.07) is 4.11. The van der Waals surface area contributed by atoms with Crippen LogP contribution in [0.15, 0.2) is 52.2 Å². The predicted octanol–water partition coefficient (Wildman–Crippen LogP) is 4.19. The largest absolute Gasteiger partial charge is 0.252 e. The van der Waals surface area contributed by atoms with Gasteiger partial charge in [0.05, 0.1) is 11.4 Å². The molecule has 0 unspecified atom stereocenters. The van der Waals surface area contributed by atoms with Gasteiger partial charge >= 0.3 is 0 Å². The maximum atomic E-state index is 4.56. The highest BCUT2D eigenvalue weighted by Gasteiger charge is 2.00. The number of thiophene rings is 1. The minimum Gasteiger partial charge on any atom is -0.252 e. The Labute approximate surface area is 95.2 Å². The first-order chi connectivity index (χ1) is 7.19. The highest BCUT2D eigenvalue weighted by Crippen LogP contribution is 2.15. The molecule has 0 bridgehead atoms. The highest BCUT2D eigenvalue weighted by atomic mass is 32.1. The Morgan fingerprint density at radius 2 is 2.27 bits per heavy atom. The smallest absolute Gasteiger partial charge is 0.0696 e. The Morgan fingerprint density at radius 3 is 2.73 bits per heavy atom. The number of nitrogens with zero attached hydrogens (tertiary/aromatic N) is 1. The normalized spacial score (nSPS) is 12.5. The Balaban J connectivity index is 3.01. The molecule has 2 heteroatoms. The number of rotatable bonds is 3. The fourth-order valence-electron chi connectivity index (χ4n) is 1.18. The average Bonchev–Trinajstić information content (AvgIpc) is 2.77. The lowest BCUT2D eigenvalue weighted by Crippen LogP contribution is -1.92. The predicted molar refractivity (Wildman–Crippen MR) is 68.6 cm³/mol. The zero-order chi connectivity index (χ0) is 11.3. The van der Waals surface area contributed by atoms with E-state index in [0.717, 1.165) is 17.0 Å². The molecule has 1 rings (SSSR count). The third kappa shape index (κ3) is 3.05. The van der Waals surface area contributed by atoms with Crippen LogP contribution in [-0.4, -0.2) is 5.71 Å². The minimum absolute atomic E-state index is 0.941. The van der Waals surface area contributed by atoms with Crippen LogP contribution in [0.1, 0.15) is 25.6 Å². The molecule has 0 spiro atoms. The summed E-state index contributed by atoms with van der Waals surface area (Å²) >= 11 is 1.70. The minimum atomic E-state index is 0.941. The van der Waals surface area contributed by atoms with Crippen LogP contribution in [0.25, 0.3) is 0 Å². The van der Waals surface area contributed by atoms with E-state index in [1.807, 2.05) is 32.9 Å². The SMILES string of the molecule is C=C=C(C)C(=C/C)/N=C(\C)c1cccs1. The highest BCUT2D eigenvalue weighted by molar-refractivity contribution is 7.12. The molecule has 0 atom stereocenters. The van der Waals surface area contributed by atoms with Gasteiger partial charge in [-0.2, -0.15) is 0 Å². The van der Waals surface area contributed by atoms with Crippen molar-refractivity contribution in [2.75, 3.05) is 0 Å². The molecule has 0 amide bonds. The van der Waals surface area contributed by atoms with Gasteiger partial charge in [0.25, 0.3) is 0 Å². The topological polar surface area (TPSA) is 12.4 Å². The summed E-state index contributed by atoms with van der Waals surface area (Å²) in [5, 5.41) is 2.06. The molecule has 0 aliphatic rings. The van der Waals surface area contributed by atoms with Crippen molar-refractivity contribution in [3.05, 3.63) is 52.0 Å². The lowest BCUT2D eigenvalue weighted by Gasteiger charge is -2.01. The maximum absolute atomic E-state index is 4.56. The number of aliphatic imine (C=N–C) groups is 1. The van der Waals surface area contributed by atoms with Crippen LogP contribution >= 0.6 is 11.3 Å². The van der Waals surface area contributed by atoms with Crippen LogP contribution in [0.5, 0.6) is 0 Å². The van der Waals surface area contributed by atoms with Gasteiger partial charge in [-0.25, -0.2) is 0 Å². The molecule has 1 aromatic rings. The van der Waals surface area contributed by atoms with E-state index in [4.69, 9.17) is 0 Å². The lowest BCUT2D eigenvalue weighted by atomic mass is 10.2. The summed E-state index contributed by atoms with van der Waals surface area (Å²) < 4.78 is 0. The first-order valence-corrected chi connectivity index (χ1v) is 5.69. The molecular weight excluding hydrogens is 202 g/mol. The van der Waals surface area contributed by atoms with Crippen LogP contribution in [0, 0.1) is 0 Å². The summed E-state index contributed by atoms with van der Waals surface area (Å²) in [5.41, 5.74) is 5.82. The molecule has 1 heterocycles. The van der Waals surface area contributed by atoms with Gasteiger partial charge < -0.3 is 0 Å². The van der Waals surface area contributed by atoms with Crippen LogP contribution in [-0.2, 0) is 0 Å². The van der Waals surface area contributed by atoms with Crippen LogP contribution < -0.4 is 0 Å². The fourth-order valence-corrected chi connectivity index (χ4v) is 1.85. The maximum Gasteiger partial charge on any atom is 0.0696 e. The summed E-state index contributed by atoms with van der Waals surface area (Å²) in [5.74, 6) is 0. The van der Waals surface area contributed by atoms with E-state index in [-0.39, 0.29) is 0 Å². The van der Waals surface area contributed by atoms with Gasteiger partial charge in [-0.1, -0.05) is 18.7 Å². The number of hydrogen-bond acceptors (Lipinski definition) is 2. The van der Waals surface area contributed by atoms with Gasteiger partial charge in [0, 0.05) is 10.5 Å². The molecule has 78 valence electrons. The van der Waals surface area contributed by atoms with Crippen LogP contribution in [0.4, 0.5) is 0 Å². The zero-order valence-corrected chi connectivity index (χ0v) is 10.2. The molecule has 0 N–H and O–H groups in total. The van der Waals surface area contributed by atoms with E-state index in [1.54, 1.807) is 11.3 Å². The standard InChI is InChI=1S/C13H15NS/c1-5-10(3)12(6-2)14-11(4)13-8-7-9-15-13/h6-9H,1H2,2-4H3/b12-6-,14-11+. The molecule has 1 nitrogen and oxygen atoms in total. The molecule has 1 aromatic heterocycles. The van der Waals surface area contributed by atoms with Gasteiger partial charge in [-0.15, -0.1) is 17.1 Å². The third-order valence-corrected chi connectivity index (χ3v) is 3.07. The molecule has 0 saturated carbocycles. The van der Waals surface area contributed by atoms with Crippen molar-refractivity contribution in [1.82, 2.24) is 0 Å². The third-order valence-electron chi connectivity index (χ3n) is 2.09. The van der Waals surface area contributed by atoms with E-state index in [0.29, 0.717) is 0 Å². The molecule has 0 radical (unpaired) electrons. The first-order valence-electron chi connectivity index (χ1n) is 4.81. The summed E-state index contributed by atoms with van der Waals surface area (Å²) in [7, 11) is 0. The van der Waals surface area contributed by atoms with Crippen molar-refractivity contribution in [3.63, 3.8) is 0 Å². The fraction of sp³-hybridized carbons (Fsp3) is 0.231. The average molecular weight is 217 g/mol. The lowest BCUT2D eigenvalue weighted by molar-refractivity contribution is 1.27. The molecule has 0 fully saturated rings. The Kier molecular flexibility index (Phi) is 4.29. The van der Waals surface area contributed by atoms with Crippen molar-refractivity contribution in [1.29, 1.82) is 0 Å². The van der Waals surface area contributed by atoms with Crippen LogP contribution in [0.2, 0.25) is 0 Å². The second-order valence-corrected chi connectivity index (χ2v) is 4.10. The zero-order valence-electron chi connectivity index (χ0n) is 9.37. The molecule has 0 aliphatic heterocycles. The van der Waals surface area contributed by atoms with Crippen molar-refractivity contribution in [2.24, 2.45) is 4.99 Å². The van der Waals surface area contributed by atoms with E-state index in [9.17, 15) is 0 Å². The van der Waals surface area contributed by atoms with E-state index < -0.39 is 0 Å². The number of allylic oxidation sites excluding steroid dienone is 2.